The third-order valence-electron chi connectivity index (χ3n) is 4.85. The fourth-order valence-corrected chi connectivity index (χ4v) is 3.36. The fraction of sp³-hybridized carbons (Fsp3) is 0.409. The van der Waals surface area contributed by atoms with E-state index in [0.29, 0.717) is 23.5 Å². The van der Waals surface area contributed by atoms with Gasteiger partial charge in [0.1, 0.15) is 11.5 Å². The van der Waals surface area contributed by atoms with Gasteiger partial charge in [-0.1, -0.05) is 6.04 Å². The van der Waals surface area contributed by atoms with Crippen molar-refractivity contribution in [2.75, 3.05) is 35.0 Å². The van der Waals surface area contributed by atoms with E-state index >= 15 is 0 Å². The van der Waals surface area contributed by atoms with E-state index in [1.807, 2.05) is 12.1 Å². The van der Waals surface area contributed by atoms with Crippen LogP contribution in [0.3, 0.4) is 0 Å². The molecule has 2 aromatic rings. The smallest absolute Gasteiger partial charge is 0.309 e. The molecule has 1 aliphatic rings. The third-order valence-corrected chi connectivity index (χ3v) is 4.85. The lowest BCUT2D eigenvalue weighted by molar-refractivity contribution is -0.141. The molecule has 0 bridgehead atoms. The van der Waals surface area contributed by atoms with E-state index in [9.17, 15) is 4.79 Å². The molecule has 2 atom stereocenters. The molecule has 1 saturated heterocycles. The molecule has 1 fully saturated rings. The summed E-state index contributed by atoms with van der Waals surface area (Å²) < 4.78 is 51.4. The highest BCUT2D eigenvalue weighted by molar-refractivity contribution is 5.75. The van der Waals surface area contributed by atoms with Crippen LogP contribution in [0.4, 0.5) is 0 Å². The Bertz CT molecular complexity index is 956. The molecule has 0 radical (unpaired) electrons. The molecule has 2 aromatic carbocycles. The number of carbonyl (C=O) groups is 1. The largest absolute Gasteiger partial charge is 0.497 e. The average molecular weight is 389 g/mol. The van der Waals surface area contributed by atoms with Crippen molar-refractivity contribution >= 4 is 5.97 Å². The summed E-state index contributed by atoms with van der Waals surface area (Å²) in [6.45, 7) is 0.186. The number of hydrogen-bond acceptors (Lipinski definition) is 6. The summed E-state index contributed by atoms with van der Waals surface area (Å²) in [5.74, 6) is 0.373. The molecule has 0 aliphatic carbocycles. The number of hydrogen-bond donors (Lipinski definition) is 0. The summed E-state index contributed by atoms with van der Waals surface area (Å²) in [5, 5.41) is 0. The molecule has 0 amide bonds. The number of cyclic esters (lactones) is 1. The molecule has 0 N–H and O–H groups in total. The van der Waals surface area contributed by atoms with Gasteiger partial charge in [0.15, 0.2) is 11.5 Å². The number of methoxy groups -OCH3 is 4. The summed E-state index contributed by atoms with van der Waals surface area (Å²) in [5.41, 5.74) is 1.19. The first-order chi connectivity index (χ1) is 14.8. The Labute approximate surface area is 169 Å². The van der Waals surface area contributed by atoms with E-state index in [-0.39, 0.29) is 54.5 Å². The van der Waals surface area contributed by atoms with E-state index in [4.69, 9.17) is 27.8 Å². The van der Waals surface area contributed by atoms with Crippen LogP contribution in [-0.4, -0.2) is 41.0 Å². The second kappa shape index (κ2) is 8.87. The molecule has 6 nitrogen and oxygen atoms in total. The number of rotatable bonds is 8. The third kappa shape index (κ3) is 4.32. The molecule has 0 spiro atoms. The highest BCUT2D eigenvalue weighted by Crippen LogP contribution is 2.34. The van der Waals surface area contributed by atoms with Crippen molar-refractivity contribution in [3.63, 3.8) is 0 Å². The molecule has 1 aliphatic heterocycles. The standard InChI is InChI=1S/C22H26O6/c1-24-17-8-15(9-18(12-17)25-2)10-19-16(13-28-22(19)23)7-14-5-6-20(26-3)21(11-14)27-4/h5-6,8-9,11-12,16,19H,7,10,13H2,1-4H3/t16-,19+/m0/s1/i5D,6D,11D. The Hall–Kier alpha value is -2.89. The second-order valence-corrected chi connectivity index (χ2v) is 6.55. The molecule has 3 rings (SSSR count). The number of benzene rings is 2. The summed E-state index contributed by atoms with van der Waals surface area (Å²) in [6, 6.07) is 5.17. The van der Waals surface area contributed by atoms with Gasteiger partial charge in [0.2, 0.25) is 0 Å². The van der Waals surface area contributed by atoms with Crippen LogP contribution in [0, 0.1) is 11.8 Å². The first kappa shape index (κ1) is 16.1. The minimum absolute atomic E-state index is 0.0125. The van der Waals surface area contributed by atoms with Crippen LogP contribution < -0.4 is 18.9 Å². The monoisotopic (exact) mass is 389 g/mol. The number of esters is 1. The van der Waals surface area contributed by atoms with Crippen molar-refractivity contribution in [2.45, 2.75) is 12.8 Å². The highest BCUT2D eigenvalue weighted by atomic mass is 16.5. The maximum absolute atomic E-state index is 12.5. The minimum atomic E-state index is -0.460. The van der Waals surface area contributed by atoms with Gasteiger partial charge in [0.25, 0.3) is 0 Å². The van der Waals surface area contributed by atoms with E-state index in [1.54, 1.807) is 20.3 Å². The molecule has 150 valence electrons. The Morgan fingerprint density at radius 2 is 1.61 bits per heavy atom. The maximum Gasteiger partial charge on any atom is 0.309 e. The zero-order valence-electron chi connectivity index (χ0n) is 19.5. The van der Waals surface area contributed by atoms with Gasteiger partial charge in [0.05, 0.1) is 45.1 Å². The second-order valence-electron chi connectivity index (χ2n) is 6.55. The Morgan fingerprint density at radius 3 is 2.21 bits per heavy atom. The summed E-state index contributed by atoms with van der Waals surface area (Å²) in [4.78, 5) is 12.5. The van der Waals surface area contributed by atoms with Crippen LogP contribution in [0.15, 0.2) is 36.3 Å². The van der Waals surface area contributed by atoms with E-state index < -0.39 is 5.92 Å². The lowest BCUT2D eigenvalue weighted by Crippen LogP contribution is -2.20. The van der Waals surface area contributed by atoms with Crippen LogP contribution >= 0.6 is 0 Å². The molecule has 1 heterocycles. The van der Waals surface area contributed by atoms with Crippen molar-refractivity contribution < 1.29 is 32.6 Å². The SMILES string of the molecule is [2H]c1c([2H])c(OC)c(OC)c([2H])c1C[C@H]1COC(=O)[C@@H]1Cc1cc(OC)cc(OC)c1. The normalized spacial score (nSPS) is 20.0. The lowest BCUT2D eigenvalue weighted by atomic mass is 9.85. The van der Waals surface area contributed by atoms with Crippen molar-refractivity contribution in [3.05, 3.63) is 47.5 Å². The Kier molecular flexibility index (Phi) is 5.10. The maximum atomic E-state index is 12.5. The van der Waals surface area contributed by atoms with Gasteiger partial charge in [0, 0.05) is 12.0 Å². The topological polar surface area (TPSA) is 63.2 Å². The quantitative estimate of drug-likeness (QED) is 0.646. The number of ether oxygens (including phenoxy) is 5. The molecular weight excluding hydrogens is 360 g/mol. The van der Waals surface area contributed by atoms with E-state index in [2.05, 4.69) is 0 Å². The molecule has 28 heavy (non-hydrogen) atoms. The molecule has 0 unspecified atom stereocenters. The average Bonchev–Trinajstić information content (AvgIpc) is 3.12. The first-order valence-corrected chi connectivity index (χ1v) is 8.93. The van der Waals surface area contributed by atoms with Crippen molar-refractivity contribution in [2.24, 2.45) is 11.8 Å². The highest BCUT2D eigenvalue weighted by Gasteiger charge is 2.37. The van der Waals surface area contributed by atoms with Crippen molar-refractivity contribution in [1.82, 2.24) is 0 Å². The van der Waals surface area contributed by atoms with Crippen LogP contribution in [-0.2, 0) is 22.4 Å². The van der Waals surface area contributed by atoms with Crippen LogP contribution in [0.25, 0.3) is 0 Å². The van der Waals surface area contributed by atoms with Gasteiger partial charge in [-0.15, -0.1) is 0 Å². The van der Waals surface area contributed by atoms with Gasteiger partial charge in [-0.25, -0.2) is 0 Å². The lowest BCUT2D eigenvalue weighted by Gasteiger charge is -2.17. The molecule has 0 saturated carbocycles. The van der Waals surface area contributed by atoms with E-state index in [0.717, 1.165) is 5.56 Å². The summed E-state index contributed by atoms with van der Waals surface area (Å²) in [7, 11) is 5.89. The number of carbonyl (C=O) groups excluding carboxylic acids is 1. The molecular formula is C22H26O6. The molecule has 0 aromatic heterocycles. The summed E-state index contributed by atoms with van der Waals surface area (Å²) in [6.07, 6.45) is 0.639. The van der Waals surface area contributed by atoms with Gasteiger partial charge in [-0.2, -0.15) is 0 Å². The van der Waals surface area contributed by atoms with Gasteiger partial charge >= 0.3 is 5.97 Å². The Morgan fingerprint density at radius 1 is 0.929 bits per heavy atom. The van der Waals surface area contributed by atoms with Gasteiger partial charge in [-0.3, -0.25) is 4.79 Å². The molecule has 6 heteroatoms. The zero-order chi connectivity index (χ0) is 22.7. The van der Waals surface area contributed by atoms with Crippen molar-refractivity contribution in [3.8, 4) is 23.0 Å². The summed E-state index contributed by atoms with van der Waals surface area (Å²) >= 11 is 0. The van der Waals surface area contributed by atoms with Crippen LogP contribution in [0.1, 0.15) is 15.2 Å². The van der Waals surface area contributed by atoms with Gasteiger partial charge in [-0.05, 0) is 48.2 Å². The first-order valence-electron chi connectivity index (χ1n) is 10.4. The predicted molar refractivity (Wildman–Crippen MR) is 104 cm³/mol. The van der Waals surface area contributed by atoms with Crippen molar-refractivity contribution in [1.29, 1.82) is 0 Å². The predicted octanol–water partition coefficient (Wildman–Crippen LogP) is 3.30. The zero-order valence-corrected chi connectivity index (χ0v) is 16.5. The Balaban J connectivity index is 1.92. The van der Waals surface area contributed by atoms with E-state index in [1.165, 1.54) is 14.2 Å². The van der Waals surface area contributed by atoms with Crippen LogP contribution in [0.5, 0.6) is 23.0 Å². The van der Waals surface area contributed by atoms with Gasteiger partial charge < -0.3 is 23.7 Å². The fourth-order valence-electron chi connectivity index (χ4n) is 3.36. The minimum Gasteiger partial charge on any atom is -0.497 e. The van der Waals surface area contributed by atoms with Crippen LogP contribution in [0.2, 0.25) is 0 Å².